The quantitative estimate of drug-likeness (QED) is 0.559. The summed E-state index contributed by atoms with van der Waals surface area (Å²) in [7, 11) is 0. The number of fused-ring (bicyclic) bond motifs is 3. The van der Waals surface area contributed by atoms with Crippen LogP contribution < -0.4 is 15.5 Å². The number of carbonyl (C=O) groups is 1. The van der Waals surface area contributed by atoms with Gasteiger partial charge in [-0.2, -0.15) is 4.98 Å². The Hall–Kier alpha value is -2.42. The molecule has 3 saturated heterocycles. The van der Waals surface area contributed by atoms with Gasteiger partial charge in [-0.15, -0.1) is 11.3 Å². The molecule has 0 radical (unpaired) electrons. The number of carbonyl (C=O) groups excluding carboxylic acids is 1. The second-order valence-corrected chi connectivity index (χ2v) is 10.9. The lowest BCUT2D eigenvalue weighted by atomic mass is 9.94. The van der Waals surface area contributed by atoms with Crippen molar-refractivity contribution in [2.24, 2.45) is 11.7 Å². The summed E-state index contributed by atoms with van der Waals surface area (Å²) in [6, 6.07) is 8.59. The normalized spacial score (nSPS) is 24.7. The van der Waals surface area contributed by atoms with E-state index in [1.807, 2.05) is 18.2 Å². The SMILES string of the molecule is NC(=O)CC1CCCN(c2nc(N3C4CCC3COC4)nc3scc(-c4ccccc4Cl)c23)C1. The fourth-order valence-electron chi connectivity index (χ4n) is 5.80. The summed E-state index contributed by atoms with van der Waals surface area (Å²) in [5.41, 5.74) is 7.60. The van der Waals surface area contributed by atoms with E-state index in [2.05, 4.69) is 21.2 Å². The molecule has 0 saturated carbocycles. The molecule has 3 fully saturated rings. The van der Waals surface area contributed by atoms with Crippen molar-refractivity contribution in [3.05, 3.63) is 34.7 Å². The second kappa shape index (κ2) is 8.98. The van der Waals surface area contributed by atoms with Crippen LogP contribution in [0.5, 0.6) is 0 Å². The van der Waals surface area contributed by atoms with E-state index >= 15 is 0 Å². The summed E-state index contributed by atoms with van der Waals surface area (Å²) >= 11 is 8.25. The Morgan fingerprint density at radius 3 is 2.71 bits per heavy atom. The number of amides is 1. The van der Waals surface area contributed by atoms with Crippen LogP contribution in [0.4, 0.5) is 11.8 Å². The third-order valence-corrected chi connectivity index (χ3v) is 8.55. The molecule has 3 atom stereocenters. The average Bonchev–Trinajstić information content (AvgIpc) is 3.36. The minimum atomic E-state index is -0.238. The van der Waals surface area contributed by atoms with Gasteiger partial charge in [0.25, 0.3) is 0 Å². The molecule has 5 heterocycles. The van der Waals surface area contributed by atoms with E-state index in [1.165, 1.54) is 0 Å². The number of hydrogen-bond acceptors (Lipinski definition) is 7. The van der Waals surface area contributed by atoms with Crippen molar-refractivity contribution >= 4 is 50.8 Å². The average molecular weight is 498 g/mol. The molecule has 0 spiro atoms. The molecule has 1 amide bonds. The van der Waals surface area contributed by atoms with E-state index in [1.54, 1.807) is 11.3 Å². The zero-order valence-corrected chi connectivity index (χ0v) is 20.5. The first kappa shape index (κ1) is 22.1. The standard InChI is InChI=1S/C25H28ClN5O2S/c26-20-6-2-1-5-18(20)19-14-34-24-22(19)23(30-9-3-4-15(11-30)10-21(27)32)28-25(29-24)31-16-7-8-17(31)13-33-12-16/h1-2,5-6,14-17H,3-4,7-13H2,(H2,27,32). The molecule has 178 valence electrons. The third-order valence-electron chi connectivity index (χ3n) is 7.35. The van der Waals surface area contributed by atoms with Gasteiger partial charge < -0.3 is 20.3 Å². The van der Waals surface area contributed by atoms with E-state index < -0.39 is 0 Å². The summed E-state index contributed by atoms with van der Waals surface area (Å²) < 4.78 is 5.80. The van der Waals surface area contributed by atoms with E-state index in [4.69, 9.17) is 32.0 Å². The molecule has 7 nitrogen and oxygen atoms in total. The smallest absolute Gasteiger partial charge is 0.229 e. The van der Waals surface area contributed by atoms with Gasteiger partial charge in [-0.25, -0.2) is 4.98 Å². The number of primary amides is 1. The Morgan fingerprint density at radius 1 is 1.15 bits per heavy atom. The van der Waals surface area contributed by atoms with Crippen LogP contribution in [0.15, 0.2) is 29.6 Å². The van der Waals surface area contributed by atoms with E-state index in [0.29, 0.717) is 23.5 Å². The van der Waals surface area contributed by atoms with Crippen LogP contribution in [0.25, 0.3) is 21.3 Å². The number of thiophene rings is 1. The van der Waals surface area contributed by atoms with Gasteiger partial charge >= 0.3 is 0 Å². The molecule has 2 N–H and O–H groups in total. The number of halogens is 1. The highest BCUT2D eigenvalue weighted by Crippen LogP contribution is 2.43. The van der Waals surface area contributed by atoms with Gasteiger partial charge in [0, 0.05) is 41.0 Å². The first-order valence-corrected chi connectivity index (χ1v) is 13.3. The topological polar surface area (TPSA) is 84.6 Å². The van der Waals surface area contributed by atoms with Gasteiger partial charge in [-0.3, -0.25) is 4.79 Å². The minimum Gasteiger partial charge on any atom is -0.377 e. The van der Waals surface area contributed by atoms with Crippen LogP contribution in [-0.4, -0.2) is 54.3 Å². The van der Waals surface area contributed by atoms with Crippen molar-refractivity contribution in [1.29, 1.82) is 0 Å². The molecule has 3 unspecified atom stereocenters. The molecule has 3 aliphatic rings. The molecule has 0 aliphatic carbocycles. The zero-order valence-electron chi connectivity index (χ0n) is 19.0. The predicted molar refractivity (Wildman–Crippen MR) is 137 cm³/mol. The fraction of sp³-hybridized carbons (Fsp3) is 0.480. The molecule has 3 aliphatic heterocycles. The van der Waals surface area contributed by atoms with E-state index in [0.717, 1.165) is 85.1 Å². The summed E-state index contributed by atoms with van der Waals surface area (Å²) in [5, 5.41) is 3.91. The van der Waals surface area contributed by atoms with Gasteiger partial charge in [-0.05, 0) is 37.7 Å². The Bertz CT molecular complexity index is 1220. The largest absolute Gasteiger partial charge is 0.377 e. The van der Waals surface area contributed by atoms with Crippen LogP contribution >= 0.6 is 22.9 Å². The highest BCUT2D eigenvalue weighted by atomic mass is 35.5. The molecule has 1 aromatic carbocycles. The predicted octanol–water partition coefficient (Wildman–Crippen LogP) is 4.47. The zero-order chi connectivity index (χ0) is 23.2. The molecule has 9 heteroatoms. The van der Waals surface area contributed by atoms with Gasteiger partial charge in [0.05, 0.1) is 30.7 Å². The number of morpholine rings is 1. The van der Waals surface area contributed by atoms with Crippen molar-refractivity contribution in [3.63, 3.8) is 0 Å². The fourth-order valence-corrected chi connectivity index (χ4v) is 6.96. The molecule has 3 aromatic rings. The molecular weight excluding hydrogens is 470 g/mol. The highest BCUT2D eigenvalue weighted by Gasteiger charge is 2.40. The lowest BCUT2D eigenvalue weighted by Crippen LogP contribution is -2.47. The lowest BCUT2D eigenvalue weighted by Gasteiger charge is -2.37. The third kappa shape index (κ3) is 3.91. The van der Waals surface area contributed by atoms with Crippen LogP contribution in [0.2, 0.25) is 5.02 Å². The summed E-state index contributed by atoms with van der Waals surface area (Å²) in [5.74, 6) is 1.73. The summed E-state index contributed by atoms with van der Waals surface area (Å²) in [6.07, 6.45) is 4.65. The summed E-state index contributed by atoms with van der Waals surface area (Å²) in [4.78, 5) is 27.6. The van der Waals surface area contributed by atoms with Gasteiger partial charge in [0.1, 0.15) is 10.6 Å². The number of hydrogen-bond donors (Lipinski definition) is 1. The molecular formula is C25H28ClN5O2S. The number of aromatic nitrogens is 2. The van der Waals surface area contributed by atoms with Crippen LogP contribution in [0, 0.1) is 5.92 Å². The number of ether oxygens (including phenoxy) is 1. The first-order chi connectivity index (χ1) is 16.6. The number of anilines is 2. The highest BCUT2D eigenvalue weighted by molar-refractivity contribution is 7.17. The number of nitrogens with two attached hydrogens (primary N) is 1. The number of nitrogens with zero attached hydrogens (tertiary/aromatic N) is 4. The van der Waals surface area contributed by atoms with Crippen LogP contribution in [0.1, 0.15) is 32.1 Å². The molecule has 2 bridgehead atoms. The van der Waals surface area contributed by atoms with Crippen molar-refractivity contribution in [1.82, 2.24) is 9.97 Å². The maximum Gasteiger partial charge on any atom is 0.229 e. The van der Waals surface area contributed by atoms with Gasteiger partial charge in [-0.1, -0.05) is 29.8 Å². The maximum absolute atomic E-state index is 11.6. The minimum absolute atomic E-state index is 0.238. The Labute approximate surface area is 207 Å². The lowest BCUT2D eigenvalue weighted by molar-refractivity contribution is -0.118. The van der Waals surface area contributed by atoms with Crippen molar-refractivity contribution in [2.45, 2.75) is 44.2 Å². The first-order valence-electron chi connectivity index (χ1n) is 12.0. The van der Waals surface area contributed by atoms with Crippen LogP contribution in [-0.2, 0) is 9.53 Å². The Balaban J connectivity index is 1.49. The Kier molecular flexibility index (Phi) is 5.83. The van der Waals surface area contributed by atoms with Crippen LogP contribution in [0.3, 0.4) is 0 Å². The number of benzene rings is 1. The molecule has 6 rings (SSSR count). The van der Waals surface area contributed by atoms with Gasteiger partial charge in [0.2, 0.25) is 11.9 Å². The maximum atomic E-state index is 11.6. The second-order valence-electron chi connectivity index (χ2n) is 9.61. The molecule has 2 aromatic heterocycles. The number of piperidine rings is 1. The van der Waals surface area contributed by atoms with Crippen molar-refractivity contribution < 1.29 is 9.53 Å². The summed E-state index contributed by atoms with van der Waals surface area (Å²) in [6.45, 7) is 3.12. The van der Waals surface area contributed by atoms with E-state index in [9.17, 15) is 4.79 Å². The van der Waals surface area contributed by atoms with E-state index in [-0.39, 0.29) is 11.8 Å². The van der Waals surface area contributed by atoms with Gasteiger partial charge in [0.15, 0.2) is 0 Å². The van der Waals surface area contributed by atoms with Crippen molar-refractivity contribution in [3.8, 4) is 11.1 Å². The Morgan fingerprint density at radius 2 is 1.94 bits per heavy atom. The molecule has 34 heavy (non-hydrogen) atoms. The van der Waals surface area contributed by atoms with Crippen molar-refractivity contribution in [2.75, 3.05) is 36.1 Å². The number of rotatable bonds is 5. The monoisotopic (exact) mass is 497 g/mol.